The smallest absolute Gasteiger partial charge is 0.143 e. The van der Waals surface area contributed by atoms with Crippen LogP contribution in [-0.2, 0) is 10.8 Å². The maximum absolute atomic E-state index is 12.1. The number of furan rings is 1. The largest absolute Gasteiger partial charge is 0.455 e. The topological polar surface area (TPSA) is 30.2 Å². The van der Waals surface area contributed by atoms with Gasteiger partial charge in [-0.25, -0.2) is 0 Å². The van der Waals surface area contributed by atoms with Crippen molar-refractivity contribution in [1.82, 2.24) is 0 Å². The summed E-state index contributed by atoms with van der Waals surface area (Å²) in [6, 6.07) is 26.6. The average molecular weight is 356 g/mol. The molecule has 2 nitrogen and oxygen atoms in total. The van der Waals surface area contributed by atoms with Crippen LogP contribution < -0.4 is 0 Å². The molecule has 0 N–H and O–H groups in total. The molecule has 3 heteroatoms. The number of hydrogen-bond acceptors (Lipinski definition) is 2. The van der Waals surface area contributed by atoms with Crippen LogP contribution in [0.25, 0.3) is 43.8 Å². The first-order valence-electron chi connectivity index (χ1n) is 8.49. The summed E-state index contributed by atoms with van der Waals surface area (Å²) in [5, 5.41) is 4.46. The minimum atomic E-state index is -1.04. The highest BCUT2D eigenvalue weighted by Crippen LogP contribution is 2.36. The summed E-state index contributed by atoms with van der Waals surface area (Å²) in [7, 11) is -1.04. The van der Waals surface area contributed by atoms with Gasteiger partial charge in [0.05, 0.1) is 10.8 Å². The number of rotatable bonds is 2. The molecule has 0 saturated heterocycles. The van der Waals surface area contributed by atoms with E-state index in [2.05, 4.69) is 36.4 Å². The van der Waals surface area contributed by atoms with Crippen LogP contribution in [0.5, 0.6) is 0 Å². The monoisotopic (exact) mass is 356 g/mol. The van der Waals surface area contributed by atoms with Crippen LogP contribution in [0.4, 0.5) is 0 Å². The van der Waals surface area contributed by atoms with Crippen molar-refractivity contribution in [2.45, 2.75) is 4.90 Å². The molecule has 0 amide bonds. The van der Waals surface area contributed by atoms with Crippen molar-refractivity contribution in [3.05, 3.63) is 78.9 Å². The van der Waals surface area contributed by atoms with Gasteiger partial charge in [0.2, 0.25) is 0 Å². The molecule has 0 bridgehead atoms. The zero-order chi connectivity index (χ0) is 17.7. The van der Waals surface area contributed by atoms with Gasteiger partial charge >= 0.3 is 0 Å². The fourth-order valence-electron chi connectivity index (χ4n) is 3.63. The van der Waals surface area contributed by atoms with E-state index in [9.17, 15) is 4.21 Å². The van der Waals surface area contributed by atoms with Crippen molar-refractivity contribution in [2.75, 3.05) is 6.26 Å². The zero-order valence-electron chi connectivity index (χ0n) is 14.2. The highest BCUT2D eigenvalue weighted by Gasteiger charge is 2.12. The van der Waals surface area contributed by atoms with Gasteiger partial charge < -0.3 is 4.42 Å². The summed E-state index contributed by atoms with van der Waals surface area (Å²) < 4.78 is 18.3. The molecule has 26 heavy (non-hydrogen) atoms. The number of fused-ring (bicyclic) bond motifs is 5. The lowest BCUT2D eigenvalue weighted by Gasteiger charge is -2.09. The Balaban J connectivity index is 1.84. The summed E-state index contributed by atoms with van der Waals surface area (Å²) in [6.45, 7) is 0. The normalized spacial score (nSPS) is 12.8. The van der Waals surface area contributed by atoms with Crippen LogP contribution in [0, 0.1) is 0 Å². The third kappa shape index (κ3) is 2.28. The van der Waals surface area contributed by atoms with Crippen LogP contribution >= 0.6 is 0 Å². The van der Waals surface area contributed by atoms with E-state index < -0.39 is 10.8 Å². The van der Waals surface area contributed by atoms with Gasteiger partial charge in [-0.15, -0.1) is 0 Å². The minimum absolute atomic E-state index is 0.851. The maximum atomic E-state index is 12.1. The SMILES string of the molecule is CS(=O)c1ccccc1-c1ccc2ccc3c4ccccc4oc3c2c1. The second-order valence-electron chi connectivity index (χ2n) is 6.43. The molecule has 5 aromatic rings. The summed E-state index contributed by atoms with van der Waals surface area (Å²) in [5.74, 6) is 0. The Morgan fingerprint density at radius 1 is 0.769 bits per heavy atom. The molecule has 4 aromatic carbocycles. The van der Waals surface area contributed by atoms with Gasteiger partial charge in [0.1, 0.15) is 11.2 Å². The molecular formula is C23H16O2S. The van der Waals surface area contributed by atoms with Crippen molar-refractivity contribution in [2.24, 2.45) is 0 Å². The van der Waals surface area contributed by atoms with Gasteiger partial charge in [0.25, 0.3) is 0 Å². The van der Waals surface area contributed by atoms with Crippen molar-refractivity contribution in [1.29, 1.82) is 0 Å². The third-order valence-corrected chi connectivity index (χ3v) is 5.84. The Morgan fingerprint density at radius 2 is 1.54 bits per heavy atom. The van der Waals surface area contributed by atoms with E-state index in [1.807, 2.05) is 42.5 Å². The van der Waals surface area contributed by atoms with Crippen LogP contribution in [0.3, 0.4) is 0 Å². The maximum Gasteiger partial charge on any atom is 0.143 e. The molecule has 1 heterocycles. The summed E-state index contributed by atoms with van der Waals surface area (Å²) in [4.78, 5) is 0.851. The first-order valence-corrected chi connectivity index (χ1v) is 10.0. The van der Waals surface area contributed by atoms with E-state index in [4.69, 9.17) is 4.42 Å². The second-order valence-corrected chi connectivity index (χ2v) is 7.77. The second kappa shape index (κ2) is 5.82. The van der Waals surface area contributed by atoms with Crippen molar-refractivity contribution in [3.8, 4) is 11.1 Å². The first-order chi connectivity index (χ1) is 12.7. The van der Waals surface area contributed by atoms with Crippen LogP contribution in [0.1, 0.15) is 0 Å². The molecule has 0 aliphatic heterocycles. The third-order valence-electron chi connectivity index (χ3n) is 4.87. The molecule has 126 valence electrons. The fraction of sp³-hybridized carbons (Fsp3) is 0.0435. The zero-order valence-corrected chi connectivity index (χ0v) is 15.0. The van der Waals surface area contributed by atoms with Gasteiger partial charge in [-0.3, -0.25) is 4.21 Å². The molecule has 0 aliphatic carbocycles. The van der Waals surface area contributed by atoms with Gasteiger partial charge in [-0.05, 0) is 40.8 Å². The van der Waals surface area contributed by atoms with Crippen LogP contribution in [0.2, 0.25) is 0 Å². The molecule has 1 unspecified atom stereocenters. The Kier molecular flexibility index (Phi) is 3.44. The lowest BCUT2D eigenvalue weighted by molar-refractivity contribution is 0.672. The molecule has 0 aliphatic rings. The Bertz CT molecular complexity index is 1310. The van der Waals surface area contributed by atoms with Gasteiger partial charge in [0, 0.05) is 27.3 Å². The number of benzene rings is 4. The lowest BCUT2D eigenvalue weighted by atomic mass is 9.99. The molecule has 0 saturated carbocycles. The fourth-order valence-corrected chi connectivity index (χ4v) is 4.39. The average Bonchev–Trinajstić information content (AvgIpc) is 3.07. The molecule has 0 spiro atoms. The van der Waals surface area contributed by atoms with Gasteiger partial charge in [0.15, 0.2) is 0 Å². The summed E-state index contributed by atoms with van der Waals surface area (Å²) in [6.07, 6.45) is 1.72. The molecule has 0 radical (unpaired) electrons. The van der Waals surface area contributed by atoms with E-state index in [1.165, 1.54) is 0 Å². The van der Waals surface area contributed by atoms with Crippen molar-refractivity contribution < 1.29 is 8.63 Å². The highest BCUT2D eigenvalue weighted by molar-refractivity contribution is 7.84. The summed E-state index contributed by atoms with van der Waals surface area (Å²) in [5.41, 5.74) is 3.86. The number of hydrogen-bond donors (Lipinski definition) is 0. The van der Waals surface area contributed by atoms with Crippen molar-refractivity contribution >= 4 is 43.5 Å². The molecule has 1 aromatic heterocycles. The van der Waals surface area contributed by atoms with Crippen LogP contribution in [0.15, 0.2) is 88.2 Å². The Labute approximate surface area is 153 Å². The van der Waals surface area contributed by atoms with Crippen LogP contribution in [-0.4, -0.2) is 10.5 Å². The quantitative estimate of drug-likeness (QED) is 0.380. The number of para-hydroxylation sites is 1. The standard InChI is InChI=1S/C23H16O2S/c1-26(24)22-9-5-3-6-17(22)16-11-10-15-12-13-19-18-7-2-4-8-21(18)25-23(19)20(15)14-16/h2-14H,1H3. The molecule has 5 rings (SSSR count). The van der Waals surface area contributed by atoms with E-state index in [1.54, 1.807) is 6.26 Å². The molecule has 0 fully saturated rings. The van der Waals surface area contributed by atoms with Gasteiger partial charge in [-0.2, -0.15) is 0 Å². The Hall–Kier alpha value is -2.91. The first kappa shape index (κ1) is 15.4. The summed E-state index contributed by atoms with van der Waals surface area (Å²) >= 11 is 0. The lowest BCUT2D eigenvalue weighted by Crippen LogP contribution is -1.91. The van der Waals surface area contributed by atoms with Crippen molar-refractivity contribution in [3.63, 3.8) is 0 Å². The predicted molar refractivity (Wildman–Crippen MR) is 109 cm³/mol. The highest BCUT2D eigenvalue weighted by atomic mass is 32.2. The molecular weight excluding hydrogens is 340 g/mol. The molecule has 1 atom stereocenters. The van der Waals surface area contributed by atoms with E-state index in [-0.39, 0.29) is 0 Å². The predicted octanol–water partition coefficient (Wildman–Crippen LogP) is 6.14. The van der Waals surface area contributed by atoms with E-state index >= 15 is 0 Å². The van der Waals surface area contributed by atoms with E-state index in [0.717, 1.165) is 48.7 Å². The van der Waals surface area contributed by atoms with Gasteiger partial charge in [-0.1, -0.05) is 54.6 Å². The minimum Gasteiger partial charge on any atom is -0.455 e. The van der Waals surface area contributed by atoms with E-state index in [0.29, 0.717) is 0 Å². The Morgan fingerprint density at radius 3 is 2.42 bits per heavy atom.